The van der Waals surface area contributed by atoms with E-state index in [-0.39, 0.29) is 0 Å². The molecule has 0 spiro atoms. The van der Waals surface area contributed by atoms with Gasteiger partial charge < -0.3 is 25.7 Å². The molecule has 402 valence electrons. The Balaban J connectivity index is 3.66. The summed E-state index contributed by atoms with van der Waals surface area (Å²) in [5, 5.41) is 44.0. The number of unbranched alkanes of at least 4 members (excludes halogenated alkanes) is 41. The average molecular weight is 959 g/mol. The first kappa shape index (κ1) is 66.5. The van der Waals surface area contributed by atoms with Crippen LogP contribution in [0.4, 0.5) is 0 Å². The van der Waals surface area contributed by atoms with Crippen molar-refractivity contribution in [2.75, 3.05) is 6.61 Å². The third kappa shape index (κ3) is 49.5. The van der Waals surface area contributed by atoms with Crippen LogP contribution in [0.3, 0.4) is 0 Å². The Bertz CT molecular complexity index is 1080. The zero-order chi connectivity index (χ0) is 49.5. The van der Waals surface area contributed by atoms with Crippen molar-refractivity contribution in [1.29, 1.82) is 0 Å². The van der Waals surface area contributed by atoms with Crippen molar-refractivity contribution in [1.82, 2.24) is 5.32 Å². The Morgan fingerprint density at radius 1 is 0.353 bits per heavy atom. The molecule has 0 rings (SSSR count). The Morgan fingerprint density at radius 3 is 0.926 bits per heavy atom. The van der Waals surface area contributed by atoms with E-state index in [1.807, 2.05) is 0 Å². The third-order valence-electron chi connectivity index (χ3n) is 14.3. The van der Waals surface area contributed by atoms with Gasteiger partial charge in [-0.2, -0.15) is 0 Å². The van der Waals surface area contributed by atoms with Gasteiger partial charge in [0.15, 0.2) is 0 Å². The maximum absolute atomic E-state index is 12.6. The van der Waals surface area contributed by atoms with Crippen LogP contribution in [0.25, 0.3) is 0 Å². The van der Waals surface area contributed by atoms with Gasteiger partial charge in [0, 0.05) is 0 Å². The van der Waals surface area contributed by atoms with Crippen LogP contribution in [-0.2, 0) is 4.79 Å². The summed E-state index contributed by atoms with van der Waals surface area (Å²) < 4.78 is 0. The fourth-order valence-electron chi connectivity index (χ4n) is 9.54. The molecule has 0 aliphatic carbocycles. The van der Waals surface area contributed by atoms with E-state index in [0.29, 0.717) is 19.3 Å². The van der Waals surface area contributed by atoms with E-state index in [2.05, 4.69) is 55.6 Å². The highest BCUT2D eigenvalue weighted by Crippen LogP contribution is 2.18. The zero-order valence-corrected chi connectivity index (χ0v) is 45.6. The molecule has 0 aliphatic heterocycles. The highest BCUT2D eigenvalue weighted by Gasteiger charge is 2.28. The molecule has 6 heteroatoms. The molecule has 0 radical (unpaired) electrons. The van der Waals surface area contributed by atoms with Crippen molar-refractivity contribution < 1.29 is 25.2 Å². The summed E-state index contributed by atoms with van der Waals surface area (Å²) in [5.41, 5.74) is 0. The first-order valence-corrected chi connectivity index (χ1v) is 30.4. The highest BCUT2D eigenvalue weighted by molar-refractivity contribution is 5.80. The fourth-order valence-corrected chi connectivity index (χ4v) is 9.54. The summed E-state index contributed by atoms with van der Waals surface area (Å²) in [4.78, 5) is 12.6. The minimum Gasteiger partial charge on any atom is -0.394 e. The molecule has 0 bridgehead atoms. The smallest absolute Gasteiger partial charge is 0.249 e. The second-order valence-corrected chi connectivity index (χ2v) is 21.0. The van der Waals surface area contributed by atoms with Crippen LogP contribution < -0.4 is 5.32 Å². The van der Waals surface area contributed by atoms with Crippen molar-refractivity contribution >= 4 is 5.91 Å². The van der Waals surface area contributed by atoms with E-state index >= 15 is 0 Å². The topological polar surface area (TPSA) is 110 Å². The number of carbonyl (C=O) groups is 1. The normalized spacial score (nSPS) is 13.9. The molecule has 4 atom stereocenters. The monoisotopic (exact) mass is 958 g/mol. The molecule has 0 saturated carbocycles. The summed E-state index contributed by atoms with van der Waals surface area (Å²) in [6.07, 6.45) is 70.9. The minimum atomic E-state index is -1.29. The molecule has 6 nitrogen and oxygen atoms in total. The number of aliphatic hydroxyl groups excluding tert-OH is 4. The highest BCUT2D eigenvalue weighted by atomic mass is 16.3. The third-order valence-corrected chi connectivity index (χ3v) is 14.3. The van der Waals surface area contributed by atoms with Crippen LogP contribution >= 0.6 is 0 Å². The van der Waals surface area contributed by atoms with Crippen molar-refractivity contribution in [3.8, 4) is 0 Å². The number of carbonyl (C=O) groups excluding carboxylic acids is 1. The summed E-state index contributed by atoms with van der Waals surface area (Å²) in [6.45, 7) is 4.08. The first-order chi connectivity index (χ1) is 33.5. The second-order valence-electron chi connectivity index (χ2n) is 21.0. The number of allylic oxidation sites excluding steroid dienone is 6. The minimum absolute atomic E-state index is 0.359. The van der Waals surface area contributed by atoms with Crippen molar-refractivity contribution in [2.45, 2.75) is 346 Å². The van der Waals surface area contributed by atoms with Crippen molar-refractivity contribution in [2.24, 2.45) is 0 Å². The maximum Gasteiger partial charge on any atom is 0.249 e. The van der Waals surface area contributed by atoms with E-state index in [0.717, 1.165) is 38.5 Å². The van der Waals surface area contributed by atoms with Gasteiger partial charge in [0.2, 0.25) is 5.91 Å². The SMILES string of the molecule is CCCCCCCCCCCCCC/C=C\CCCCCCCCCCCCC(O)C(=O)NC(CO)C(O)C(O)CCC/C=C/CC/C=C/CCCCCCCCCCCCCCCCCCC. The largest absolute Gasteiger partial charge is 0.394 e. The molecule has 4 unspecified atom stereocenters. The number of hydrogen-bond acceptors (Lipinski definition) is 5. The van der Waals surface area contributed by atoms with Gasteiger partial charge in [-0.3, -0.25) is 4.79 Å². The van der Waals surface area contributed by atoms with Crippen molar-refractivity contribution in [3.63, 3.8) is 0 Å². The molecular weight excluding hydrogens is 839 g/mol. The number of hydrogen-bond donors (Lipinski definition) is 5. The van der Waals surface area contributed by atoms with Gasteiger partial charge in [0.1, 0.15) is 12.2 Å². The van der Waals surface area contributed by atoms with Gasteiger partial charge in [-0.25, -0.2) is 0 Å². The summed E-state index contributed by atoms with van der Waals surface area (Å²) in [5.74, 6) is -0.595. The Kier molecular flexibility index (Phi) is 55.2. The van der Waals surface area contributed by atoms with Gasteiger partial charge in [0.05, 0.1) is 18.8 Å². The summed E-state index contributed by atoms with van der Waals surface area (Å²) >= 11 is 0. The van der Waals surface area contributed by atoms with E-state index < -0.39 is 36.9 Å². The Labute approximate surface area is 424 Å². The molecule has 0 aliphatic rings. The number of nitrogens with one attached hydrogen (secondary N) is 1. The molecule has 0 saturated heterocycles. The van der Waals surface area contributed by atoms with E-state index in [4.69, 9.17) is 0 Å². The van der Waals surface area contributed by atoms with Gasteiger partial charge in [-0.1, -0.05) is 281 Å². The lowest BCUT2D eigenvalue weighted by Gasteiger charge is -2.27. The van der Waals surface area contributed by atoms with Crippen LogP contribution in [0, 0.1) is 0 Å². The van der Waals surface area contributed by atoms with Crippen LogP contribution in [0.1, 0.15) is 322 Å². The number of rotatable bonds is 56. The predicted octanol–water partition coefficient (Wildman–Crippen LogP) is 18.0. The molecule has 5 N–H and O–H groups in total. The molecular formula is C62H119NO5. The van der Waals surface area contributed by atoms with Crippen LogP contribution in [0.2, 0.25) is 0 Å². The molecule has 0 aromatic carbocycles. The lowest BCUT2D eigenvalue weighted by molar-refractivity contribution is -0.132. The zero-order valence-electron chi connectivity index (χ0n) is 45.6. The molecule has 1 amide bonds. The molecule has 0 heterocycles. The van der Waals surface area contributed by atoms with Gasteiger partial charge >= 0.3 is 0 Å². The van der Waals surface area contributed by atoms with E-state index in [1.165, 1.54) is 250 Å². The summed E-state index contributed by atoms with van der Waals surface area (Å²) in [7, 11) is 0. The van der Waals surface area contributed by atoms with Crippen LogP contribution in [0.5, 0.6) is 0 Å². The number of aliphatic hydroxyl groups is 4. The molecule has 0 aromatic heterocycles. The fraction of sp³-hybridized carbons (Fsp3) is 0.887. The van der Waals surface area contributed by atoms with Crippen LogP contribution in [0.15, 0.2) is 36.5 Å². The Hall–Kier alpha value is -1.47. The standard InChI is InChI=1S/C62H119NO5/c1-3-5-7-9-11-13-15-17-19-21-23-25-27-29-31-33-35-37-39-41-43-45-47-49-51-53-55-59(65)61(67)58(57-64)63-62(68)60(66)56-54-52-50-48-46-44-42-40-38-36-34-32-30-28-26-24-22-20-18-16-14-12-10-8-6-4-2/h30,32,39,41,47,49,58-61,64-67H,3-29,31,33-38,40,42-46,48,50-57H2,1-2H3,(H,63,68)/b32-30-,41-39+,49-47+. The first-order valence-electron chi connectivity index (χ1n) is 30.4. The lowest BCUT2D eigenvalue weighted by atomic mass is 10.00. The van der Waals surface area contributed by atoms with Crippen LogP contribution in [-0.4, -0.2) is 57.3 Å². The summed E-state index contributed by atoms with van der Waals surface area (Å²) in [6, 6.07) is -1.01. The second kappa shape index (κ2) is 56.4. The maximum atomic E-state index is 12.6. The molecule has 0 aromatic rings. The van der Waals surface area contributed by atoms with Gasteiger partial charge in [-0.15, -0.1) is 0 Å². The molecule has 68 heavy (non-hydrogen) atoms. The van der Waals surface area contributed by atoms with Crippen molar-refractivity contribution in [3.05, 3.63) is 36.5 Å². The van der Waals surface area contributed by atoms with E-state index in [1.54, 1.807) is 0 Å². The Morgan fingerprint density at radius 2 is 0.618 bits per heavy atom. The average Bonchev–Trinajstić information content (AvgIpc) is 3.34. The lowest BCUT2D eigenvalue weighted by Crippen LogP contribution is -2.53. The van der Waals surface area contributed by atoms with Gasteiger partial charge in [-0.05, 0) is 77.0 Å². The predicted molar refractivity (Wildman–Crippen MR) is 297 cm³/mol. The van der Waals surface area contributed by atoms with E-state index in [9.17, 15) is 25.2 Å². The number of amides is 1. The van der Waals surface area contributed by atoms with Gasteiger partial charge in [0.25, 0.3) is 0 Å². The molecule has 0 fully saturated rings. The quantitative estimate of drug-likeness (QED) is 0.0308.